The number of benzene rings is 4. The lowest BCUT2D eigenvalue weighted by molar-refractivity contribution is 0.347. The van der Waals surface area contributed by atoms with Crippen molar-refractivity contribution in [2.45, 2.75) is 21.6 Å². The van der Waals surface area contributed by atoms with E-state index in [0.717, 1.165) is 21.6 Å². The molecule has 0 radical (unpaired) electrons. The maximum Gasteiger partial charge on any atom is 0.159 e. The molecule has 32 heavy (non-hydrogen) atoms. The van der Waals surface area contributed by atoms with E-state index in [2.05, 4.69) is 53.4 Å². The van der Waals surface area contributed by atoms with E-state index in [1.165, 1.54) is 0 Å². The second kappa shape index (κ2) is 9.77. The van der Waals surface area contributed by atoms with Crippen molar-refractivity contribution in [3.8, 4) is 11.5 Å². The summed E-state index contributed by atoms with van der Waals surface area (Å²) in [7, 11) is 0. The maximum atomic E-state index is 11.1. The van der Waals surface area contributed by atoms with E-state index in [4.69, 9.17) is 4.74 Å². The molecule has 8 heteroatoms. The Morgan fingerprint density at radius 1 is 0.906 bits per heavy atom. The molecule has 4 rings (SSSR count). The molecule has 0 aliphatic heterocycles. The second-order valence-corrected chi connectivity index (χ2v) is 8.64. The first kappa shape index (κ1) is 22.4. The molecule has 0 atom stereocenters. The van der Waals surface area contributed by atoms with Crippen LogP contribution in [0.2, 0.25) is 0 Å². The highest BCUT2D eigenvalue weighted by Crippen LogP contribution is 2.45. The van der Waals surface area contributed by atoms with Crippen molar-refractivity contribution < 1.29 is 9.84 Å². The molecule has 0 fully saturated rings. The van der Waals surface area contributed by atoms with Crippen LogP contribution in [-0.4, -0.2) is 11.8 Å². The highest BCUT2D eigenvalue weighted by atomic mass is 32.1. The predicted molar refractivity (Wildman–Crippen MR) is 138 cm³/mol. The number of nitrogens with one attached hydrogen (secondary N) is 1. The predicted octanol–water partition coefficient (Wildman–Crippen LogP) is 7.58. The van der Waals surface area contributed by atoms with Crippen molar-refractivity contribution in [3.63, 3.8) is 0 Å². The fourth-order valence-electron chi connectivity index (χ4n) is 3.26. The Labute approximate surface area is 202 Å². The third-order valence-electron chi connectivity index (χ3n) is 4.78. The number of aromatic hydroxyl groups is 1. The Balaban J connectivity index is 1.69. The standard InChI is InChI=1S/C24H21N3O2S3/c1-14-7-8-18(20(31)9-14)26-27-23-21(32)11-15-10-17(30)12-19(22(15)24(23)28)25-13-29-16-5-3-2-4-6-16/h2-12,25,28,30-32H,13H2,1H3. The number of aryl methyl sites for hydroxylation is 1. The normalized spacial score (nSPS) is 11.2. The summed E-state index contributed by atoms with van der Waals surface area (Å²) < 4.78 is 5.74. The Morgan fingerprint density at radius 3 is 2.44 bits per heavy atom. The third-order valence-corrected chi connectivity index (χ3v) is 5.74. The number of rotatable bonds is 6. The summed E-state index contributed by atoms with van der Waals surface area (Å²) in [6, 6.07) is 20.7. The van der Waals surface area contributed by atoms with Gasteiger partial charge in [-0.15, -0.1) is 48.1 Å². The molecule has 0 saturated carbocycles. The fraction of sp³-hybridized carbons (Fsp3) is 0.0833. The fourth-order valence-corrected chi connectivity index (χ4v) is 4.14. The highest BCUT2D eigenvalue weighted by molar-refractivity contribution is 7.80. The van der Waals surface area contributed by atoms with Crippen molar-refractivity contribution in [2.75, 3.05) is 12.0 Å². The number of ether oxygens (including phenoxy) is 1. The van der Waals surface area contributed by atoms with Gasteiger partial charge in [-0.25, -0.2) is 0 Å². The molecule has 2 N–H and O–H groups in total. The molecule has 4 aromatic rings. The van der Waals surface area contributed by atoms with Gasteiger partial charge in [0.2, 0.25) is 0 Å². The number of azo groups is 1. The van der Waals surface area contributed by atoms with Gasteiger partial charge in [-0.3, -0.25) is 0 Å². The van der Waals surface area contributed by atoms with Crippen LogP contribution in [0.3, 0.4) is 0 Å². The van der Waals surface area contributed by atoms with E-state index in [-0.39, 0.29) is 18.2 Å². The minimum atomic E-state index is -0.0281. The van der Waals surface area contributed by atoms with Gasteiger partial charge >= 0.3 is 0 Å². The first-order chi connectivity index (χ1) is 15.4. The van der Waals surface area contributed by atoms with Crippen LogP contribution in [0.5, 0.6) is 11.5 Å². The number of anilines is 1. The zero-order valence-corrected chi connectivity index (χ0v) is 19.8. The van der Waals surface area contributed by atoms with Gasteiger partial charge in [-0.2, -0.15) is 0 Å². The van der Waals surface area contributed by atoms with Crippen molar-refractivity contribution in [3.05, 3.63) is 72.3 Å². The Kier molecular flexibility index (Phi) is 6.83. The summed E-state index contributed by atoms with van der Waals surface area (Å²) in [4.78, 5) is 1.94. The number of hydrogen-bond acceptors (Lipinski definition) is 8. The zero-order valence-electron chi connectivity index (χ0n) is 17.1. The number of hydrogen-bond donors (Lipinski definition) is 5. The van der Waals surface area contributed by atoms with E-state index in [1.54, 1.807) is 0 Å². The number of nitrogens with zero attached hydrogens (tertiary/aromatic N) is 2. The van der Waals surface area contributed by atoms with Crippen molar-refractivity contribution in [1.82, 2.24) is 0 Å². The summed E-state index contributed by atoms with van der Waals surface area (Å²) in [5.74, 6) is 0.711. The molecule has 0 saturated heterocycles. The van der Waals surface area contributed by atoms with Gasteiger partial charge in [0, 0.05) is 25.8 Å². The first-order valence-electron chi connectivity index (χ1n) is 9.77. The zero-order chi connectivity index (χ0) is 22.7. The maximum absolute atomic E-state index is 11.1. The average molecular weight is 480 g/mol. The van der Waals surface area contributed by atoms with Gasteiger partial charge in [-0.05, 0) is 60.3 Å². The first-order valence-corrected chi connectivity index (χ1v) is 11.1. The summed E-state index contributed by atoms with van der Waals surface area (Å²) in [6.45, 7) is 2.19. The summed E-state index contributed by atoms with van der Waals surface area (Å²) in [5.41, 5.74) is 2.61. The topological polar surface area (TPSA) is 66.2 Å². The average Bonchev–Trinajstić information content (AvgIpc) is 2.75. The summed E-state index contributed by atoms with van der Waals surface area (Å²) in [6.07, 6.45) is 0. The lowest BCUT2D eigenvalue weighted by atomic mass is 10.1. The highest BCUT2D eigenvalue weighted by Gasteiger charge is 2.15. The van der Waals surface area contributed by atoms with Crippen LogP contribution in [0.25, 0.3) is 10.8 Å². The quantitative estimate of drug-likeness (QED) is 0.112. The molecule has 0 aliphatic rings. The van der Waals surface area contributed by atoms with Crippen LogP contribution in [-0.2, 0) is 0 Å². The third kappa shape index (κ3) is 4.98. The molecule has 0 unspecified atom stereocenters. The van der Waals surface area contributed by atoms with Crippen LogP contribution in [0.4, 0.5) is 17.1 Å². The Bertz CT molecular complexity index is 1310. The van der Waals surface area contributed by atoms with Gasteiger partial charge in [-0.1, -0.05) is 24.3 Å². The molecular weight excluding hydrogens is 458 g/mol. The van der Waals surface area contributed by atoms with E-state index < -0.39 is 0 Å². The van der Waals surface area contributed by atoms with Crippen LogP contribution in [0.15, 0.2) is 91.6 Å². The van der Waals surface area contributed by atoms with Gasteiger partial charge in [0.25, 0.3) is 0 Å². The van der Waals surface area contributed by atoms with Crippen LogP contribution < -0.4 is 10.1 Å². The van der Waals surface area contributed by atoms with E-state index in [1.807, 2.05) is 73.7 Å². The Morgan fingerprint density at radius 2 is 1.69 bits per heavy atom. The van der Waals surface area contributed by atoms with Gasteiger partial charge in [0.1, 0.15) is 11.4 Å². The van der Waals surface area contributed by atoms with Crippen molar-refractivity contribution >= 4 is 65.7 Å². The van der Waals surface area contributed by atoms with E-state index >= 15 is 0 Å². The number of thiol groups is 3. The SMILES string of the molecule is Cc1ccc(N=Nc2c(S)cc3cc(S)cc(NCOc4ccccc4)c3c2O)c(S)c1. The van der Waals surface area contributed by atoms with Crippen molar-refractivity contribution in [2.24, 2.45) is 10.2 Å². The summed E-state index contributed by atoms with van der Waals surface area (Å²) >= 11 is 13.5. The van der Waals surface area contributed by atoms with Gasteiger partial charge < -0.3 is 15.2 Å². The smallest absolute Gasteiger partial charge is 0.159 e. The number of fused-ring (bicyclic) bond motifs is 1. The van der Waals surface area contributed by atoms with E-state index in [0.29, 0.717) is 26.6 Å². The molecule has 0 heterocycles. The molecule has 0 aromatic heterocycles. The minimum absolute atomic E-state index is 0.0281. The molecule has 0 amide bonds. The molecule has 0 spiro atoms. The number of phenols is 1. The number of phenolic OH excluding ortho intramolecular Hbond substituents is 1. The molecular formula is C24H21N3O2S3. The molecule has 0 aliphatic carbocycles. The molecule has 162 valence electrons. The largest absolute Gasteiger partial charge is 0.505 e. The van der Waals surface area contributed by atoms with Crippen LogP contribution >= 0.6 is 37.9 Å². The lowest BCUT2D eigenvalue weighted by Crippen LogP contribution is -2.09. The summed E-state index contributed by atoms with van der Waals surface area (Å²) in [5, 5.41) is 24.2. The molecule has 5 nitrogen and oxygen atoms in total. The molecule has 0 bridgehead atoms. The van der Waals surface area contributed by atoms with Crippen LogP contribution in [0, 0.1) is 6.92 Å². The second-order valence-electron chi connectivity index (χ2n) is 7.16. The molecule has 4 aromatic carbocycles. The minimum Gasteiger partial charge on any atom is -0.505 e. The Hall–Kier alpha value is -2.81. The lowest BCUT2D eigenvalue weighted by Gasteiger charge is -2.15. The van der Waals surface area contributed by atoms with Gasteiger partial charge in [0.05, 0.1) is 5.69 Å². The number of para-hydroxylation sites is 1. The van der Waals surface area contributed by atoms with E-state index in [9.17, 15) is 5.11 Å². The van der Waals surface area contributed by atoms with Crippen molar-refractivity contribution in [1.29, 1.82) is 0 Å². The van der Waals surface area contributed by atoms with Crippen LogP contribution in [0.1, 0.15) is 5.56 Å². The van der Waals surface area contributed by atoms with Gasteiger partial charge in [0.15, 0.2) is 12.5 Å². The monoisotopic (exact) mass is 479 g/mol.